The van der Waals surface area contributed by atoms with E-state index in [2.05, 4.69) is 15.6 Å². The Morgan fingerprint density at radius 1 is 0.971 bits per heavy atom. The van der Waals surface area contributed by atoms with E-state index in [0.29, 0.717) is 40.9 Å². The zero-order valence-corrected chi connectivity index (χ0v) is 20.1. The van der Waals surface area contributed by atoms with E-state index in [1.165, 1.54) is 0 Å². The van der Waals surface area contributed by atoms with Gasteiger partial charge in [0.15, 0.2) is 11.5 Å². The number of hydrogen-bond donors (Lipinski definition) is 2. The molecule has 0 radical (unpaired) electrons. The van der Waals surface area contributed by atoms with Crippen molar-refractivity contribution in [3.63, 3.8) is 0 Å². The highest BCUT2D eigenvalue weighted by Crippen LogP contribution is 2.29. The molecule has 0 saturated heterocycles. The number of amides is 1. The van der Waals surface area contributed by atoms with Crippen molar-refractivity contribution in [1.29, 1.82) is 0 Å². The first-order chi connectivity index (χ1) is 16.5. The van der Waals surface area contributed by atoms with Crippen molar-refractivity contribution in [2.75, 3.05) is 26.1 Å². The lowest BCUT2D eigenvalue weighted by Gasteiger charge is -2.13. The van der Waals surface area contributed by atoms with Crippen molar-refractivity contribution in [3.8, 4) is 11.5 Å². The smallest absolute Gasteiger partial charge is 0.253 e. The van der Waals surface area contributed by atoms with Gasteiger partial charge in [-0.05, 0) is 54.1 Å². The van der Waals surface area contributed by atoms with Crippen LogP contribution in [0.5, 0.6) is 11.5 Å². The SMILES string of the molecule is COc1ccc(CCNC(=O)c2cnc(Nc3ccc(C)c(Cl)c3)c3ccccc23)cc1OC. The summed E-state index contributed by atoms with van der Waals surface area (Å²) in [6.45, 7) is 2.43. The maximum Gasteiger partial charge on any atom is 0.253 e. The topological polar surface area (TPSA) is 72.5 Å². The molecular weight excluding hydrogens is 450 g/mol. The summed E-state index contributed by atoms with van der Waals surface area (Å²) in [7, 11) is 3.21. The molecule has 34 heavy (non-hydrogen) atoms. The Kier molecular flexibility index (Phi) is 7.18. The number of aryl methyl sites for hydroxylation is 1. The van der Waals surface area contributed by atoms with Crippen molar-refractivity contribution in [1.82, 2.24) is 10.3 Å². The molecule has 1 aromatic heterocycles. The summed E-state index contributed by atoms with van der Waals surface area (Å²) in [5.41, 5.74) is 3.40. The summed E-state index contributed by atoms with van der Waals surface area (Å²) in [5.74, 6) is 1.83. The van der Waals surface area contributed by atoms with E-state index < -0.39 is 0 Å². The number of benzene rings is 3. The summed E-state index contributed by atoms with van der Waals surface area (Å²) >= 11 is 6.26. The normalized spacial score (nSPS) is 10.7. The Hall–Kier alpha value is -3.77. The minimum atomic E-state index is -0.172. The molecule has 0 spiro atoms. The van der Waals surface area contributed by atoms with Crippen molar-refractivity contribution >= 4 is 39.8 Å². The fraction of sp³-hybridized carbons (Fsp3) is 0.185. The highest BCUT2D eigenvalue weighted by Gasteiger charge is 2.14. The van der Waals surface area contributed by atoms with Gasteiger partial charge in [-0.15, -0.1) is 0 Å². The van der Waals surface area contributed by atoms with Crippen LogP contribution in [0, 0.1) is 6.92 Å². The fourth-order valence-electron chi connectivity index (χ4n) is 3.73. The van der Waals surface area contributed by atoms with E-state index in [9.17, 15) is 4.79 Å². The standard InChI is InChI=1S/C27H26ClN3O3/c1-17-8-10-19(15-23(17)28)31-26-21-7-5-4-6-20(21)22(16-30-26)27(32)29-13-12-18-9-11-24(33-2)25(14-18)34-3/h4-11,14-16H,12-13H2,1-3H3,(H,29,32)(H,30,31). The predicted octanol–water partition coefficient (Wildman–Crippen LogP) is 5.93. The van der Waals surface area contributed by atoms with Crippen LogP contribution in [-0.2, 0) is 6.42 Å². The molecule has 6 nitrogen and oxygen atoms in total. The Bertz CT molecular complexity index is 1340. The number of pyridine rings is 1. The Morgan fingerprint density at radius 3 is 2.47 bits per heavy atom. The highest BCUT2D eigenvalue weighted by atomic mass is 35.5. The van der Waals surface area contributed by atoms with Crippen LogP contribution in [0.15, 0.2) is 66.9 Å². The van der Waals surface area contributed by atoms with Crippen LogP contribution >= 0.6 is 11.6 Å². The zero-order valence-electron chi connectivity index (χ0n) is 19.3. The minimum absolute atomic E-state index is 0.172. The van der Waals surface area contributed by atoms with Crippen molar-refractivity contribution in [2.24, 2.45) is 0 Å². The largest absolute Gasteiger partial charge is 0.493 e. The third-order valence-corrected chi connectivity index (χ3v) is 6.03. The van der Waals surface area contributed by atoms with Crippen LogP contribution in [0.25, 0.3) is 10.8 Å². The number of nitrogens with zero attached hydrogens (tertiary/aromatic N) is 1. The molecule has 3 aromatic carbocycles. The number of carbonyl (C=O) groups is 1. The van der Waals surface area contributed by atoms with Crippen LogP contribution < -0.4 is 20.1 Å². The van der Waals surface area contributed by atoms with Crippen LogP contribution in [0.1, 0.15) is 21.5 Å². The molecule has 7 heteroatoms. The quantitative estimate of drug-likeness (QED) is 0.330. The second-order valence-electron chi connectivity index (χ2n) is 7.85. The molecule has 0 aliphatic rings. The van der Waals surface area contributed by atoms with Gasteiger partial charge < -0.3 is 20.1 Å². The molecule has 174 valence electrons. The first-order valence-electron chi connectivity index (χ1n) is 10.9. The molecule has 0 fully saturated rings. The molecule has 0 bridgehead atoms. The molecule has 0 atom stereocenters. The van der Waals surface area contributed by atoms with Crippen LogP contribution in [0.3, 0.4) is 0 Å². The molecule has 1 amide bonds. The summed E-state index contributed by atoms with van der Waals surface area (Å²) < 4.78 is 10.6. The van der Waals surface area contributed by atoms with Crippen molar-refractivity contribution in [2.45, 2.75) is 13.3 Å². The molecule has 4 rings (SSSR count). The van der Waals surface area contributed by atoms with Gasteiger partial charge in [0, 0.05) is 28.8 Å². The third-order valence-electron chi connectivity index (χ3n) is 5.62. The Morgan fingerprint density at radius 2 is 1.74 bits per heavy atom. The van der Waals surface area contributed by atoms with Crippen LogP contribution in [0.4, 0.5) is 11.5 Å². The predicted molar refractivity (Wildman–Crippen MR) is 137 cm³/mol. The fourth-order valence-corrected chi connectivity index (χ4v) is 3.91. The zero-order chi connectivity index (χ0) is 24.1. The Balaban J connectivity index is 1.50. The maximum absolute atomic E-state index is 13.0. The van der Waals surface area contributed by atoms with Gasteiger partial charge in [0.25, 0.3) is 5.91 Å². The highest BCUT2D eigenvalue weighted by molar-refractivity contribution is 6.31. The van der Waals surface area contributed by atoms with E-state index in [0.717, 1.165) is 27.6 Å². The number of ether oxygens (including phenoxy) is 2. The van der Waals surface area contributed by atoms with E-state index >= 15 is 0 Å². The number of carbonyl (C=O) groups excluding carboxylic acids is 1. The summed E-state index contributed by atoms with van der Waals surface area (Å²) in [5, 5.41) is 8.67. The maximum atomic E-state index is 13.0. The van der Waals surface area contributed by atoms with Crippen LogP contribution in [-0.4, -0.2) is 31.7 Å². The average molecular weight is 476 g/mol. The van der Waals surface area contributed by atoms with Gasteiger partial charge >= 0.3 is 0 Å². The third kappa shape index (κ3) is 5.07. The minimum Gasteiger partial charge on any atom is -0.493 e. The van der Waals surface area contributed by atoms with E-state index in [1.54, 1.807) is 20.4 Å². The Labute approximate surface area is 203 Å². The monoisotopic (exact) mass is 475 g/mol. The average Bonchev–Trinajstić information content (AvgIpc) is 2.86. The number of rotatable bonds is 8. The molecule has 4 aromatic rings. The molecule has 0 aliphatic carbocycles. The second-order valence-corrected chi connectivity index (χ2v) is 8.26. The lowest BCUT2D eigenvalue weighted by Crippen LogP contribution is -2.26. The van der Waals surface area contributed by atoms with E-state index in [4.69, 9.17) is 21.1 Å². The number of nitrogens with one attached hydrogen (secondary N) is 2. The number of anilines is 2. The summed E-state index contributed by atoms with van der Waals surface area (Å²) in [6.07, 6.45) is 2.26. The molecule has 0 unspecified atom stereocenters. The van der Waals surface area contributed by atoms with Gasteiger partial charge in [0.1, 0.15) is 5.82 Å². The molecule has 0 aliphatic heterocycles. The van der Waals surface area contributed by atoms with Gasteiger partial charge in [-0.3, -0.25) is 4.79 Å². The number of aromatic nitrogens is 1. The van der Waals surface area contributed by atoms with Gasteiger partial charge in [0.2, 0.25) is 0 Å². The molecule has 2 N–H and O–H groups in total. The van der Waals surface area contributed by atoms with Gasteiger partial charge in [-0.2, -0.15) is 0 Å². The lowest BCUT2D eigenvalue weighted by atomic mass is 10.1. The molecule has 0 saturated carbocycles. The number of hydrogen-bond acceptors (Lipinski definition) is 5. The number of halogens is 1. The number of methoxy groups -OCH3 is 2. The first-order valence-corrected chi connectivity index (χ1v) is 11.3. The first kappa shape index (κ1) is 23.4. The second kappa shape index (κ2) is 10.4. The number of fused-ring (bicyclic) bond motifs is 1. The molecular formula is C27H26ClN3O3. The van der Waals surface area contributed by atoms with Gasteiger partial charge in [-0.1, -0.05) is 48.0 Å². The lowest BCUT2D eigenvalue weighted by molar-refractivity contribution is 0.0955. The van der Waals surface area contributed by atoms with E-state index in [-0.39, 0.29) is 5.91 Å². The van der Waals surface area contributed by atoms with Crippen molar-refractivity contribution in [3.05, 3.63) is 88.6 Å². The van der Waals surface area contributed by atoms with Gasteiger partial charge in [-0.25, -0.2) is 4.98 Å². The summed E-state index contributed by atoms with van der Waals surface area (Å²) in [6, 6.07) is 19.2. The van der Waals surface area contributed by atoms with Crippen molar-refractivity contribution < 1.29 is 14.3 Å². The van der Waals surface area contributed by atoms with Gasteiger partial charge in [0.05, 0.1) is 19.8 Å². The summed E-state index contributed by atoms with van der Waals surface area (Å²) in [4.78, 5) is 17.5. The van der Waals surface area contributed by atoms with Crippen LogP contribution in [0.2, 0.25) is 5.02 Å². The van der Waals surface area contributed by atoms with E-state index in [1.807, 2.05) is 67.6 Å². The molecule has 1 heterocycles.